The lowest BCUT2D eigenvalue weighted by Crippen LogP contribution is -2.08. The van der Waals surface area contributed by atoms with Crippen LogP contribution in [0, 0.1) is 0 Å². The van der Waals surface area contributed by atoms with E-state index in [0.717, 1.165) is 11.3 Å². The van der Waals surface area contributed by atoms with Crippen LogP contribution >= 0.6 is 0 Å². The number of hydrogen-bond donors (Lipinski definition) is 1. The lowest BCUT2D eigenvalue weighted by molar-refractivity contribution is 0.185. The van der Waals surface area contributed by atoms with Crippen LogP contribution < -0.4 is 5.73 Å². The van der Waals surface area contributed by atoms with E-state index >= 15 is 0 Å². The summed E-state index contributed by atoms with van der Waals surface area (Å²) in [6, 6.07) is 7.82. The smallest absolute Gasteiger partial charge is 0.170 e. The Morgan fingerprint density at radius 1 is 1.44 bits per heavy atom. The molecule has 0 spiro atoms. The van der Waals surface area contributed by atoms with Gasteiger partial charge in [0, 0.05) is 7.11 Å². The minimum Gasteiger partial charge on any atom is -0.380 e. The van der Waals surface area contributed by atoms with Gasteiger partial charge in [-0.15, -0.1) is 5.10 Å². The molecule has 0 aliphatic heterocycles. The fourth-order valence-electron chi connectivity index (χ4n) is 1.48. The second kappa shape index (κ2) is 4.82. The molecule has 0 bridgehead atoms. The number of nitrogens with two attached hydrogens (primary N) is 1. The van der Waals surface area contributed by atoms with E-state index in [1.54, 1.807) is 11.8 Å². The summed E-state index contributed by atoms with van der Waals surface area (Å²) in [6.45, 7) is 0.870. The molecule has 0 aliphatic carbocycles. The highest BCUT2D eigenvalue weighted by Crippen LogP contribution is 2.11. The lowest BCUT2D eigenvalue weighted by Gasteiger charge is -2.05. The summed E-state index contributed by atoms with van der Waals surface area (Å²) in [5.41, 5.74) is 7.50. The molecule has 0 radical (unpaired) electrons. The quantitative estimate of drug-likeness (QED) is 0.798. The van der Waals surface area contributed by atoms with Crippen molar-refractivity contribution in [2.45, 2.75) is 13.2 Å². The highest BCUT2D eigenvalue weighted by molar-refractivity contribution is 5.35. The van der Waals surface area contributed by atoms with Gasteiger partial charge < -0.3 is 10.5 Å². The molecule has 0 saturated heterocycles. The number of rotatable bonds is 4. The molecule has 0 fully saturated rings. The Morgan fingerprint density at radius 3 is 3.06 bits per heavy atom. The second-order valence-corrected chi connectivity index (χ2v) is 3.31. The van der Waals surface area contributed by atoms with E-state index in [1.807, 2.05) is 24.3 Å². The Kier molecular flexibility index (Phi) is 3.23. The molecule has 0 saturated carbocycles. The Labute approximate surface area is 93.0 Å². The molecular weight excluding hydrogens is 206 g/mol. The number of benzene rings is 1. The van der Waals surface area contributed by atoms with Crippen LogP contribution in [-0.2, 0) is 17.9 Å². The van der Waals surface area contributed by atoms with E-state index in [0.29, 0.717) is 19.0 Å². The van der Waals surface area contributed by atoms with Gasteiger partial charge in [0.1, 0.15) is 0 Å². The zero-order chi connectivity index (χ0) is 11.4. The van der Waals surface area contributed by atoms with Crippen LogP contribution in [0.25, 0.3) is 5.69 Å². The van der Waals surface area contributed by atoms with E-state index in [4.69, 9.17) is 10.5 Å². The standard InChI is InChI=1S/C10H13N5O/c1-16-7-8-3-2-4-9(5-8)15-10(6-11)12-13-14-15/h2-5H,6-7,11H2,1H3. The van der Waals surface area contributed by atoms with Gasteiger partial charge in [0.15, 0.2) is 5.82 Å². The number of nitrogens with zero attached hydrogens (tertiary/aromatic N) is 4. The third-order valence-electron chi connectivity index (χ3n) is 2.18. The minimum absolute atomic E-state index is 0.307. The van der Waals surface area contributed by atoms with Crippen molar-refractivity contribution in [2.24, 2.45) is 5.73 Å². The Bertz CT molecular complexity index is 468. The van der Waals surface area contributed by atoms with Crippen LogP contribution in [0.3, 0.4) is 0 Å². The van der Waals surface area contributed by atoms with Gasteiger partial charge in [0.2, 0.25) is 0 Å². The van der Waals surface area contributed by atoms with E-state index in [2.05, 4.69) is 15.5 Å². The first kappa shape index (κ1) is 10.7. The van der Waals surface area contributed by atoms with Crippen molar-refractivity contribution in [3.05, 3.63) is 35.7 Å². The molecule has 2 rings (SSSR count). The van der Waals surface area contributed by atoms with E-state index in [-0.39, 0.29) is 0 Å². The topological polar surface area (TPSA) is 78.8 Å². The number of methoxy groups -OCH3 is 1. The third kappa shape index (κ3) is 2.07. The Hall–Kier alpha value is -1.79. The molecule has 0 amide bonds. The van der Waals surface area contributed by atoms with Crippen LogP contribution in [0.15, 0.2) is 24.3 Å². The van der Waals surface area contributed by atoms with Crippen molar-refractivity contribution in [2.75, 3.05) is 7.11 Å². The zero-order valence-corrected chi connectivity index (χ0v) is 9.00. The van der Waals surface area contributed by atoms with Gasteiger partial charge >= 0.3 is 0 Å². The molecule has 16 heavy (non-hydrogen) atoms. The van der Waals surface area contributed by atoms with Crippen LogP contribution in [0.2, 0.25) is 0 Å². The zero-order valence-electron chi connectivity index (χ0n) is 9.00. The van der Waals surface area contributed by atoms with Gasteiger partial charge in [-0.25, -0.2) is 0 Å². The normalized spacial score (nSPS) is 10.6. The fourth-order valence-corrected chi connectivity index (χ4v) is 1.48. The van der Waals surface area contributed by atoms with Crippen LogP contribution in [0.4, 0.5) is 0 Å². The van der Waals surface area contributed by atoms with Gasteiger partial charge in [-0.05, 0) is 28.1 Å². The molecule has 1 aromatic heterocycles. The summed E-state index contributed by atoms with van der Waals surface area (Å²) in [7, 11) is 1.66. The predicted molar refractivity (Wildman–Crippen MR) is 57.8 cm³/mol. The second-order valence-electron chi connectivity index (χ2n) is 3.31. The highest BCUT2D eigenvalue weighted by Gasteiger charge is 2.06. The van der Waals surface area contributed by atoms with Gasteiger partial charge in [-0.3, -0.25) is 0 Å². The van der Waals surface area contributed by atoms with E-state index < -0.39 is 0 Å². The van der Waals surface area contributed by atoms with Crippen LogP contribution in [0.5, 0.6) is 0 Å². The van der Waals surface area contributed by atoms with Crippen molar-refractivity contribution in [1.29, 1.82) is 0 Å². The van der Waals surface area contributed by atoms with Crippen molar-refractivity contribution >= 4 is 0 Å². The molecule has 6 nitrogen and oxygen atoms in total. The van der Waals surface area contributed by atoms with Gasteiger partial charge in [-0.2, -0.15) is 4.68 Å². The SMILES string of the molecule is COCc1cccc(-n2nnnc2CN)c1. The third-order valence-corrected chi connectivity index (χ3v) is 2.18. The van der Waals surface area contributed by atoms with Crippen molar-refractivity contribution in [3.8, 4) is 5.69 Å². The van der Waals surface area contributed by atoms with Crippen molar-refractivity contribution in [1.82, 2.24) is 20.2 Å². The minimum atomic E-state index is 0.307. The van der Waals surface area contributed by atoms with E-state index in [9.17, 15) is 0 Å². The first-order valence-electron chi connectivity index (χ1n) is 4.90. The molecule has 1 heterocycles. The maximum atomic E-state index is 5.54. The average Bonchev–Trinajstić information content (AvgIpc) is 2.78. The molecule has 0 atom stereocenters. The number of hydrogen-bond acceptors (Lipinski definition) is 5. The lowest BCUT2D eigenvalue weighted by atomic mass is 10.2. The van der Waals surface area contributed by atoms with Gasteiger partial charge in [0.05, 0.1) is 18.8 Å². The summed E-state index contributed by atoms with van der Waals surface area (Å²) in [5.74, 6) is 0.634. The van der Waals surface area contributed by atoms with Gasteiger partial charge in [0.25, 0.3) is 0 Å². The number of tetrazole rings is 1. The molecule has 0 unspecified atom stereocenters. The predicted octanol–water partition coefficient (Wildman–Crippen LogP) is 0.267. The Morgan fingerprint density at radius 2 is 2.31 bits per heavy atom. The van der Waals surface area contributed by atoms with Crippen molar-refractivity contribution < 1.29 is 4.74 Å². The summed E-state index contributed by atoms with van der Waals surface area (Å²) in [4.78, 5) is 0. The number of aromatic nitrogens is 4. The first-order chi connectivity index (χ1) is 7.85. The highest BCUT2D eigenvalue weighted by atomic mass is 16.5. The molecule has 2 aromatic rings. The molecule has 1 aromatic carbocycles. The monoisotopic (exact) mass is 219 g/mol. The molecule has 2 N–H and O–H groups in total. The van der Waals surface area contributed by atoms with Crippen molar-refractivity contribution in [3.63, 3.8) is 0 Å². The summed E-state index contributed by atoms with van der Waals surface area (Å²) < 4.78 is 6.70. The maximum absolute atomic E-state index is 5.54. The Balaban J connectivity index is 2.36. The molecular formula is C10H13N5O. The van der Waals surface area contributed by atoms with E-state index in [1.165, 1.54) is 0 Å². The maximum Gasteiger partial charge on any atom is 0.170 e. The van der Waals surface area contributed by atoms with Crippen LogP contribution in [-0.4, -0.2) is 27.3 Å². The summed E-state index contributed by atoms with van der Waals surface area (Å²) >= 11 is 0. The molecule has 6 heteroatoms. The largest absolute Gasteiger partial charge is 0.380 e. The van der Waals surface area contributed by atoms with Gasteiger partial charge in [-0.1, -0.05) is 12.1 Å². The average molecular weight is 219 g/mol. The van der Waals surface area contributed by atoms with Crippen LogP contribution in [0.1, 0.15) is 11.4 Å². The summed E-state index contributed by atoms with van der Waals surface area (Å²) in [5, 5.41) is 11.3. The summed E-state index contributed by atoms with van der Waals surface area (Å²) in [6.07, 6.45) is 0. The fraction of sp³-hybridized carbons (Fsp3) is 0.300. The molecule has 84 valence electrons. The first-order valence-corrected chi connectivity index (χ1v) is 4.90. The number of ether oxygens (including phenoxy) is 1. The molecule has 0 aliphatic rings.